The fourth-order valence-corrected chi connectivity index (χ4v) is 4.54. The summed E-state index contributed by atoms with van der Waals surface area (Å²) < 4.78 is 13.3. The maximum Gasteiger partial charge on any atom is 0.410 e. The van der Waals surface area contributed by atoms with Crippen LogP contribution in [0.15, 0.2) is 54.6 Å². The van der Waals surface area contributed by atoms with Gasteiger partial charge in [0.15, 0.2) is 5.69 Å². The highest BCUT2D eigenvalue weighted by atomic mass is 16.6. The molecular formula is C27H30N4O4. The fraction of sp³-hybridized carbons (Fsp3) is 0.370. The molecule has 3 aromatic rings. The van der Waals surface area contributed by atoms with Crippen LogP contribution in [0.1, 0.15) is 42.5 Å². The van der Waals surface area contributed by atoms with Crippen LogP contribution in [-0.2, 0) is 24.2 Å². The largest absolute Gasteiger partial charge is 0.491 e. The second-order valence-electron chi connectivity index (χ2n) is 9.95. The average molecular weight is 475 g/mol. The summed E-state index contributed by atoms with van der Waals surface area (Å²) in [6, 6.07) is 17.4. The Morgan fingerprint density at radius 2 is 1.80 bits per heavy atom. The van der Waals surface area contributed by atoms with Gasteiger partial charge >= 0.3 is 6.09 Å². The number of hydrogen-bond acceptors (Lipinski definition) is 5. The number of amides is 2. The van der Waals surface area contributed by atoms with E-state index in [1.165, 1.54) is 0 Å². The minimum atomic E-state index is -0.581. The molecule has 0 unspecified atom stereocenters. The van der Waals surface area contributed by atoms with Crippen molar-refractivity contribution in [3.63, 3.8) is 0 Å². The number of carbonyl (C=O) groups is 2. The molecular weight excluding hydrogens is 444 g/mol. The number of nitrogens with zero attached hydrogens (tertiary/aromatic N) is 3. The number of rotatable bonds is 3. The highest BCUT2D eigenvalue weighted by molar-refractivity contribution is 6.00. The minimum Gasteiger partial charge on any atom is -0.491 e. The van der Waals surface area contributed by atoms with Crippen LogP contribution in [-0.4, -0.2) is 51.5 Å². The van der Waals surface area contributed by atoms with Gasteiger partial charge in [0.25, 0.3) is 5.91 Å². The molecule has 35 heavy (non-hydrogen) atoms. The molecule has 1 N–H and O–H groups in total. The van der Waals surface area contributed by atoms with Crippen molar-refractivity contribution in [1.82, 2.24) is 20.0 Å². The molecule has 0 radical (unpaired) electrons. The predicted octanol–water partition coefficient (Wildman–Crippen LogP) is 4.03. The van der Waals surface area contributed by atoms with Crippen LogP contribution >= 0.6 is 0 Å². The van der Waals surface area contributed by atoms with Crippen LogP contribution in [0.25, 0.3) is 11.1 Å². The second kappa shape index (κ2) is 9.09. The van der Waals surface area contributed by atoms with Gasteiger partial charge in [-0.25, -0.2) is 4.79 Å². The van der Waals surface area contributed by atoms with Crippen LogP contribution in [0.3, 0.4) is 0 Å². The summed E-state index contributed by atoms with van der Waals surface area (Å²) in [6.07, 6.45) is 0.329. The Bertz CT molecular complexity index is 1250. The van der Waals surface area contributed by atoms with Crippen LogP contribution in [0.4, 0.5) is 4.79 Å². The Hall–Kier alpha value is -3.81. The molecule has 182 valence electrons. The number of nitrogens with one attached hydrogen (secondary N) is 1. The van der Waals surface area contributed by atoms with E-state index in [9.17, 15) is 9.59 Å². The van der Waals surface area contributed by atoms with Crippen molar-refractivity contribution >= 4 is 12.0 Å². The monoisotopic (exact) mass is 474 g/mol. The van der Waals surface area contributed by atoms with Crippen LogP contribution < -0.4 is 10.1 Å². The van der Waals surface area contributed by atoms with Crippen molar-refractivity contribution in [2.75, 3.05) is 13.2 Å². The molecule has 0 saturated heterocycles. The van der Waals surface area contributed by atoms with Gasteiger partial charge in [-0.15, -0.1) is 0 Å². The summed E-state index contributed by atoms with van der Waals surface area (Å²) in [5.74, 6) is 0.616. The van der Waals surface area contributed by atoms with Gasteiger partial charge in [-0.1, -0.05) is 48.5 Å². The fourth-order valence-electron chi connectivity index (χ4n) is 4.54. The van der Waals surface area contributed by atoms with Crippen molar-refractivity contribution in [1.29, 1.82) is 0 Å². The van der Waals surface area contributed by atoms with E-state index in [0.29, 0.717) is 38.4 Å². The van der Waals surface area contributed by atoms with E-state index < -0.39 is 5.60 Å². The highest BCUT2D eigenvalue weighted by Gasteiger charge is 2.32. The van der Waals surface area contributed by atoms with Crippen molar-refractivity contribution in [2.45, 2.75) is 51.9 Å². The molecule has 1 atom stereocenters. The number of fused-ring (bicyclic) bond motifs is 2. The minimum absolute atomic E-state index is 0.155. The van der Waals surface area contributed by atoms with Crippen molar-refractivity contribution < 1.29 is 19.1 Å². The first-order valence-electron chi connectivity index (χ1n) is 11.9. The van der Waals surface area contributed by atoms with E-state index in [-0.39, 0.29) is 18.0 Å². The maximum absolute atomic E-state index is 13.5. The van der Waals surface area contributed by atoms with Gasteiger partial charge in [0.1, 0.15) is 18.0 Å². The second-order valence-corrected chi connectivity index (χ2v) is 9.95. The van der Waals surface area contributed by atoms with E-state index >= 15 is 0 Å². The lowest BCUT2D eigenvalue weighted by Crippen LogP contribution is -2.43. The van der Waals surface area contributed by atoms with Crippen molar-refractivity contribution in [3.8, 4) is 16.9 Å². The highest BCUT2D eigenvalue weighted by Crippen LogP contribution is 2.32. The molecule has 0 saturated carbocycles. The number of hydrogen-bond donors (Lipinski definition) is 1. The van der Waals surface area contributed by atoms with Gasteiger partial charge in [-0.2, -0.15) is 5.10 Å². The van der Waals surface area contributed by atoms with Gasteiger partial charge in [-0.05, 0) is 44.4 Å². The standard InChI is InChI=1S/C27H30N4O4/c1-27(2,3)35-26(33)30-13-14-31-21(16-30)23(18-9-5-4-6-10-18)24(29-31)25(32)28-20-15-19-11-7-8-12-22(19)34-17-20/h4-12,20H,13-17H2,1-3H3,(H,28,32)/t20-/m1/s1. The first-order chi connectivity index (χ1) is 16.8. The number of para-hydroxylation sites is 1. The molecule has 1 aromatic heterocycles. The molecule has 2 aromatic carbocycles. The zero-order chi connectivity index (χ0) is 24.6. The third kappa shape index (κ3) is 4.87. The molecule has 8 heteroatoms. The van der Waals surface area contributed by atoms with Gasteiger partial charge in [0.05, 0.1) is 24.8 Å². The Kier molecular flexibility index (Phi) is 5.96. The Morgan fingerprint density at radius 1 is 1.06 bits per heavy atom. The SMILES string of the molecule is CC(C)(C)OC(=O)N1CCn2nc(C(=O)N[C@H]3COc4ccccc4C3)c(-c3ccccc3)c2C1. The molecule has 8 nitrogen and oxygen atoms in total. The normalized spacial score (nSPS) is 17.1. The summed E-state index contributed by atoms with van der Waals surface area (Å²) in [5.41, 5.74) is 3.30. The van der Waals surface area contributed by atoms with Crippen molar-refractivity contribution in [3.05, 3.63) is 71.5 Å². The molecule has 0 aliphatic carbocycles. The number of aromatic nitrogens is 2. The Morgan fingerprint density at radius 3 is 2.57 bits per heavy atom. The maximum atomic E-state index is 13.5. The number of carbonyl (C=O) groups excluding carboxylic acids is 2. The average Bonchev–Trinajstić information content (AvgIpc) is 3.22. The van der Waals surface area contributed by atoms with Gasteiger partial charge in [0.2, 0.25) is 0 Å². The molecule has 0 spiro atoms. The molecule has 0 bridgehead atoms. The summed E-state index contributed by atoms with van der Waals surface area (Å²) >= 11 is 0. The third-order valence-corrected chi connectivity index (χ3v) is 6.12. The topological polar surface area (TPSA) is 85.7 Å². The lowest BCUT2D eigenvalue weighted by Gasteiger charge is -2.30. The zero-order valence-corrected chi connectivity index (χ0v) is 20.3. The number of ether oxygens (including phenoxy) is 2. The van der Waals surface area contributed by atoms with Gasteiger partial charge in [0, 0.05) is 12.1 Å². The third-order valence-electron chi connectivity index (χ3n) is 6.12. The summed E-state index contributed by atoms with van der Waals surface area (Å²) in [6.45, 7) is 7.23. The van der Waals surface area contributed by atoms with E-state index in [2.05, 4.69) is 5.32 Å². The van der Waals surface area contributed by atoms with E-state index in [1.54, 1.807) is 4.90 Å². The predicted molar refractivity (Wildman–Crippen MR) is 131 cm³/mol. The molecule has 2 amide bonds. The first-order valence-corrected chi connectivity index (χ1v) is 11.9. The zero-order valence-electron chi connectivity index (χ0n) is 20.3. The Balaban J connectivity index is 1.43. The van der Waals surface area contributed by atoms with Crippen LogP contribution in [0.5, 0.6) is 5.75 Å². The Labute approximate surface area is 204 Å². The lowest BCUT2D eigenvalue weighted by molar-refractivity contribution is 0.0194. The smallest absolute Gasteiger partial charge is 0.410 e. The van der Waals surface area contributed by atoms with Crippen LogP contribution in [0.2, 0.25) is 0 Å². The molecule has 5 rings (SSSR count). The lowest BCUT2D eigenvalue weighted by atomic mass is 10.00. The summed E-state index contributed by atoms with van der Waals surface area (Å²) in [5, 5.41) is 7.81. The molecule has 0 fully saturated rings. The van der Waals surface area contributed by atoms with E-state index in [4.69, 9.17) is 14.6 Å². The first kappa shape index (κ1) is 23.0. The van der Waals surface area contributed by atoms with Gasteiger partial charge in [-0.3, -0.25) is 9.48 Å². The number of benzene rings is 2. The van der Waals surface area contributed by atoms with E-state index in [0.717, 1.165) is 28.1 Å². The van der Waals surface area contributed by atoms with E-state index in [1.807, 2.05) is 80.1 Å². The quantitative estimate of drug-likeness (QED) is 0.619. The molecule has 2 aliphatic rings. The van der Waals surface area contributed by atoms with Gasteiger partial charge < -0.3 is 19.7 Å². The van der Waals surface area contributed by atoms with Crippen LogP contribution in [0, 0.1) is 0 Å². The summed E-state index contributed by atoms with van der Waals surface area (Å²) in [4.78, 5) is 27.9. The molecule has 2 aliphatic heterocycles. The van der Waals surface area contributed by atoms with Crippen molar-refractivity contribution in [2.24, 2.45) is 0 Å². The summed E-state index contributed by atoms with van der Waals surface area (Å²) in [7, 11) is 0. The molecule has 3 heterocycles.